The van der Waals surface area contributed by atoms with E-state index in [9.17, 15) is 4.79 Å². The lowest BCUT2D eigenvalue weighted by Crippen LogP contribution is -2.28. The molecule has 1 fully saturated rings. The lowest BCUT2D eigenvalue weighted by atomic mass is 10.1. The van der Waals surface area contributed by atoms with E-state index in [0.717, 1.165) is 18.0 Å². The second kappa shape index (κ2) is 7.12. The number of nitrogens with two attached hydrogens (primary N) is 1. The summed E-state index contributed by atoms with van der Waals surface area (Å²) >= 11 is 0. The molecular weight excluding hydrogens is 248 g/mol. The molecule has 20 heavy (non-hydrogen) atoms. The largest absolute Gasteiger partial charge is 0.352 e. The summed E-state index contributed by atoms with van der Waals surface area (Å²) in [6, 6.07) is 7.38. The molecule has 0 heterocycles. The van der Waals surface area contributed by atoms with Crippen LogP contribution in [0.2, 0.25) is 0 Å². The van der Waals surface area contributed by atoms with Crippen LogP contribution in [0.5, 0.6) is 0 Å². The third-order valence-electron chi connectivity index (χ3n) is 3.81. The number of hydrogen-bond donors (Lipinski definition) is 2. The van der Waals surface area contributed by atoms with Crippen molar-refractivity contribution in [1.82, 2.24) is 5.32 Å². The van der Waals surface area contributed by atoms with E-state index in [1.165, 1.54) is 19.3 Å². The fraction of sp³-hybridized carbons (Fsp3) is 0.471. The SMILES string of the molecule is CC1CCC(CNC(=O)c2cccc(C#CCN)c2)C1. The molecule has 0 aliphatic heterocycles. The maximum absolute atomic E-state index is 12.1. The van der Waals surface area contributed by atoms with Crippen LogP contribution in [-0.2, 0) is 0 Å². The monoisotopic (exact) mass is 270 g/mol. The molecule has 3 N–H and O–H groups in total. The van der Waals surface area contributed by atoms with Crippen LogP contribution >= 0.6 is 0 Å². The fourth-order valence-electron chi connectivity index (χ4n) is 2.74. The topological polar surface area (TPSA) is 55.1 Å². The quantitative estimate of drug-likeness (QED) is 0.827. The van der Waals surface area contributed by atoms with Crippen molar-refractivity contribution in [2.75, 3.05) is 13.1 Å². The third kappa shape index (κ3) is 4.11. The maximum Gasteiger partial charge on any atom is 0.251 e. The highest BCUT2D eigenvalue weighted by molar-refractivity contribution is 5.94. The summed E-state index contributed by atoms with van der Waals surface area (Å²) in [5.74, 6) is 7.16. The number of amides is 1. The standard InChI is InChI=1S/C17H22N2O/c1-13-7-8-15(10-13)12-19-17(20)16-6-2-4-14(11-16)5-3-9-18/h2,4,6,11,13,15H,7-10,12,18H2,1H3,(H,19,20). The Balaban J connectivity index is 1.92. The Kier molecular flexibility index (Phi) is 5.20. The van der Waals surface area contributed by atoms with Crippen molar-refractivity contribution < 1.29 is 4.79 Å². The summed E-state index contributed by atoms with van der Waals surface area (Å²) in [6.45, 7) is 3.39. The van der Waals surface area contributed by atoms with Crippen molar-refractivity contribution in [1.29, 1.82) is 0 Å². The van der Waals surface area contributed by atoms with Crippen LogP contribution in [0.3, 0.4) is 0 Å². The smallest absolute Gasteiger partial charge is 0.251 e. The Labute approximate surface area is 120 Å². The van der Waals surface area contributed by atoms with E-state index in [1.54, 1.807) is 0 Å². The van der Waals surface area contributed by atoms with Crippen LogP contribution in [0.4, 0.5) is 0 Å². The van der Waals surface area contributed by atoms with Gasteiger partial charge in [-0.15, -0.1) is 0 Å². The van der Waals surface area contributed by atoms with Crippen molar-refractivity contribution >= 4 is 5.91 Å². The van der Waals surface area contributed by atoms with Gasteiger partial charge < -0.3 is 11.1 Å². The molecule has 0 aromatic heterocycles. The van der Waals surface area contributed by atoms with E-state index < -0.39 is 0 Å². The zero-order valence-corrected chi connectivity index (χ0v) is 12.0. The molecule has 1 aromatic carbocycles. The average molecular weight is 270 g/mol. The molecule has 1 aromatic rings. The lowest BCUT2D eigenvalue weighted by Gasteiger charge is -2.11. The summed E-state index contributed by atoms with van der Waals surface area (Å²) < 4.78 is 0. The summed E-state index contributed by atoms with van der Waals surface area (Å²) in [5, 5.41) is 3.03. The molecule has 0 saturated heterocycles. The Bertz CT molecular complexity index is 527. The Morgan fingerprint density at radius 2 is 2.30 bits per heavy atom. The lowest BCUT2D eigenvalue weighted by molar-refractivity contribution is 0.0947. The van der Waals surface area contributed by atoms with Gasteiger partial charge >= 0.3 is 0 Å². The first kappa shape index (κ1) is 14.6. The van der Waals surface area contributed by atoms with Gasteiger partial charge in [0.2, 0.25) is 0 Å². The van der Waals surface area contributed by atoms with E-state index in [-0.39, 0.29) is 5.91 Å². The molecule has 1 aliphatic carbocycles. The highest BCUT2D eigenvalue weighted by atomic mass is 16.1. The van der Waals surface area contributed by atoms with Gasteiger partial charge in [0.25, 0.3) is 5.91 Å². The molecule has 106 valence electrons. The van der Waals surface area contributed by atoms with Crippen molar-refractivity contribution in [2.24, 2.45) is 17.6 Å². The number of nitrogens with one attached hydrogen (secondary N) is 1. The van der Waals surface area contributed by atoms with Crippen molar-refractivity contribution in [3.8, 4) is 11.8 Å². The summed E-state index contributed by atoms with van der Waals surface area (Å²) in [6.07, 6.45) is 3.73. The number of carbonyl (C=O) groups excluding carboxylic acids is 1. The van der Waals surface area contributed by atoms with Gasteiger partial charge in [-0.25, -0.2) is 0 Å². The van der Waals surface area contributed by atoms with Gasteiger partial charge in [-0.05, 0) is 42.9 Å². The van der Waals surface area contributed by atoms with E-state index in [0.29, 0.717) is 18.0 Å². The molecule has 0 spiro atoms. The molecule has 2 rings (SSSR count). The molecule has 0 bridgehead atoms. The molecule has 1 saturated carbocycles. The molecular formula is C17H22N2O. The van der Waals surface area contributed by atoms with E-state index >= 15 is 0 Å². The maximum atomic E-state index is 12.1. The highest BCUT2D eigenvalue weighted by Crippen LogP contribution is 2.29. The molecule has 2 unspecified atom stereocenters. The fourth-order valence-corrected chi connectivity index (χ4v) is 2.74. The van der Waals surface area contributed by atoms with E-state index in [2.05, 4.69) is 24.1 Å². The minimum atomic E-state index is -0.0130. The highest BCUT2D eigenvalue weighted by Gasteiger charge is 2.21. The van der Waals surface area contributed by atoms with Crippen LogP contribution in [0.15, 0.2) is 24.3 Å². The summed E-state index contributed by atoms with van der Waals surface area (Å²) in [7, 11) is 0. The Morgan fingerprint density at radius 3 is 3.00 bits per heavy atom. The first-order chi connectivity index (χ1) is 9.69. The van der Waals surface area contributed by atoms with Gasteiger partial charge in [0.1, 0.15) is 0 Å². The van der Waals surface area contributed by atoms with Gasteiger partial charge in [-0.1, -0.05) is 31.3 Å². The predicted molar refractivity (Wildman–Crippen MR) is 81.2 cm³/mol. The van der Waals surface area contributed by atoms with E-state index in [1.807, 2.05) is 24.3 Å². The van der Waals surface area contributed by atoms with Crippen LogP contribution in [0.25, 0.3) is 0 Å². The Morgan fingerprint density at radius 1 is 1.45 bits per heavy atom. The number of carbonyl (C=O) groups is 1. The Hall–Kier alpha value is -1.79. The number of hydrogen-bond acceptors (Lipinski definition) is 2. The van der Waals surface area contributed by atoms with Crippen LogP contribution in [0.1, 0.15) is 42.1 Å². The van der Waals surface area contributed by atoms with Crippen LogP contribution < -0.4 is 11.1 Å². The average Bonchev–Trinajstić information content (AvgIpc) is 2.88. The van der Waals surface area contributed by atoms with Crippen LogP contribution in [-0.4, -0.2) is 19.0 Å². The van der Waals surface area contributed by atoms with Gasteiger partial charge in [-0.2, -0.15) is 0 Å². The zero-order chi connectivity index (χ0) is 14.4. The molecule has 1 amide bonds. The number of rotatable bonds is 3. The van der Waals surface area contributed by atoms with Gasteiger partial charge in [0.05, 0.1) is 6.54 Å². The molecule has 2 atom stereocenters. The zero-order valence-electron chi connectivity index (χ0n) is 12.0. The van der Waals surface area contributed by atoms with Gasteiger partial charge in [-0.3, -0.25) is 4.79 Å². The summed E-state index contributed by atoms with van der Waals surface area (Å²) in [5.41, 5.74) is 6.85. The van der Waals surface area contributed by atoms with Gasteiger partial charge in [0.15, 0.2) is 0 Å². The minimum Gasteiger partial charge on any atom is -0.352 e. The molecule has 3 nitrogen and oxygen atoms in total. The normalized spacial score (nSPS) is 21.1. The predicted octanol–water partition coefficient (Wildman–Crippen LogP) is 2.16. The van der Waals surface area contributed by atoms with Crippen molar-refractivity contribution in [2.45, 2.75) is 26.2 Å². The van der Waals surface area contributed by atoms with Gasteiger partial charge in [0, 0.05) is 17.7 Å². The molecule has 1 aliphatic rings. The van der Waals surface area contributed by atoms with Crippen molar-refractivity contribution in [3.05, 3.63) is 35.4 Å². The minimum absolute atomic E-state index is 0.0130. The summed E-state index contributed by atoms with van der Waals surface area (Å²) in [4.78, 5) is 12.1. The number of benzene rings is 1. The van der Waals surface area contributed by atoms with E-state index in [4.69, 9.17) is 5.73 Å². The first-order valence-electron chi connectivity index (χ1n) is 7.26. The van der Waals surface area contributed by atoms with Crippen LogP contribution in [0, 0.1) is 23.7 Å². The molecule has 0 radical (unpaired) electrons. The molecule has 3 heteroatoms. The second-order valence-corrected chi connectivity index (χ2v) is 5.58. The second-order valence-electron chi connectivity index (χ2n) is 5.58. The third-order valence-corrected chi connectivity index (χ3v) is 3.81. The van der Waals surface area contributed by atoms with Crippen molar-refractivity contribution in [3.63, 3.8) is 0 Å². The first-order valence-corrected chi connectivity index (χ1v) is 7.26.